The molecule has 1 aliphatic rings. The summed E-state index contributed by atoms with van der Waals surface area (Å²) in [7, 11) is 0. The van der Waals surface area contributed by atoms with Crippen LogP contribution in [0.2, 0.25) is 0 Å². The third-order valence-electron chi connectivity index (χ3n) is 3.95. The fourth-order valence-corrected chi connectivity index (χ4v) is 3.25. The van der Waals surface area contributed by atoms with Crippen LogP contribution in [0.25, 0.3) is 0 Å². The Morgan fingerprint density at radius 2 is 2.29 bits per heavy atom. The molecule has 0 saturated carbocycles. The summed E-state index contributed by atoms with van der Waals surface area (Å²) in [6.07, 6.45) is 7.68. The van der Waals surface area contributed by atoms with Crippen LogP contribution in [-0.2, 0) is 17.1 Å². The zero-order valence-corrected chi connectivity index (χ0v) is 14.5. The van der Waals surface area contributed by atoms with E-state index in [1.54, 1.807) is 24.2 Å². The SMILES string of the molecule is CSCc1noc(CNC(=O)[C@@H](c2cccnc2)N2CCCC2)n1. The highest BCUT2D eigenvalue weighted by atomic mass is 32.2. The lowest BCUT2D eigenvalue weighted by atomic mass is 10.1. The zero-order valence-electron chi connectivity index (χ0n) is 13.6. The van der Waals surface area contributed by atoms with Gasteiger partial charge in [0.15, 0.2) is 5.82 Å². The number of nitrogens with one attached hydrogen (secondary N) is 1. The van der Waals surface area contributed by atoms with Gasteiger partial charge in [-0.3, -0.25) is 14.7 Å². The highest BCUT2D eigenvalue weighted by molar-refractivity contribution is 7.97. The summed E-state index contributed by atoms with van der Waals surface area (Å²) in [5, 5.41) is 6.80. The molecule has 2 aromatic rings. The van der Waals surface area contributed by atoms with Crippen molar-refractivity contribution < 1.29 is 9.32 Å². The van der Waals surface area contributed by atoms with E-state index in [2.05, 4.69) is 25.3 Å². The largest absolute Gasteiger partial charge is 0.345 e. The fraction of sp³-hybridized carbons (Fsp3) is 0.500. The first kappa shape index (κ1) is 16.9. The summed E-state index contributed by atoms with van der Waals surface area (Å²) in [6, 6.07) is 3.48. The van der Waals surface area contributed by atoms with Gasteiger partial charge in [0, 0.05) is 12.4 Å². The van der Waals surface area contributed by atoms with Crippen LogP contribution in [0.15, 0.2) is 29.0 Å². The Labute approximate surface area is 145 Å². The molecule has 1 aliphatic heterocycles. The Bertz CT molecular complexity index is 657. The minimum atomic E-state index is -0.324. The molecule has 0 radical (unpaired) electrons. The van der Waals surface area contributed by atoms with Gasteiger partial charge in [-0.15, -0.1) is 0 Å². The van der Waals surface area contributed by atoms with Crippen molar-refractivity contribution in [1.82, 2.24) is 25.3 Å². The minimum Gasteiger partial charge on any atom is -0.345 e. The lowest BCUT2D eigenvalue weighted by Gasteiger charge is -2.26. The van der Waals surface area contributed by atoms with Crippen molar-refractivity contribution in [2.75, 3.05) is 19.3 Å². The van der Waals surface area contributed by atoms with Crippen molar-refractivity contribution in [1.29, 1.82) is 0 Å². The van der Waals surface area contributed by atoms with Gasteiger partial charge in [-0.2, -0.15) is 16.7 Å². The number of likely N-dealkylation sites (tertiary alicyclic amines) is 1. The Hall–Kier alpha value is -1.93. The third kappa shape index (κ3) is 4.12. The third-order valence-corrected chi connectivity index (χ3v) is 4.50. The first-order valence-corrected chi connectivity index (χ1v) is 9.39. The van der Waals surface area contributed by atoms with E-state index < -0.39 is 0 Å². The van der Waals surface area contributed by atoms with Crippen LogP contribution in [-0.4, -0.2) is 45.3 Å². The van der Waals surface area contributed by atoms with Crippen LogP contribution >= 0.6 is 11.8 Å². The number of carbonyl (C=O) groups excluding carboxylic acids is 1. The van der Waals surface area contributed by atoms with E-state index in [0.29, 0.717) is 17.5 Å². The smallest absolute Gasteiger partial charge is 0.246 e. The maximum absolute atomic E-state index is 12.8. The molecule has 1 saturated heterocycles. The van der Waals surface area contributed by atoms with Crippen LogP contribution in [0.4, 0.5) is 0 Å². The topological polar surface area (TPSA) is 84.2 Å². The Morgan fingerprint density at radius 1 is 1.46 bits per heavy atom. The number of thioether (sulfide) groups is 1. The monoisotopic (exact) mass is 347 g/mol. The summed E-state index contributed by atoms with van der Waals surface area (Å²) in [4.78, 5) is 23.4. The molecule has 0 aromatic carbocycles. The molecule has 1 N–H and O–H groups in total. The number of aromatic nitrogens is 3. The van der Waals surface area contributed by atoms with E-state index in [0.717, 1.165) is 31.5 Å². The fourth-order valence-electron chi connectivity index (χ4n) is 2.87. The molecule has 3 rings (SSSR count). The van der Waals surface area contributed by atoms with Gasteiger partial charge in [-0.05, 0) is 43.8 Å². The van der Waals surface area contributed by atoms with Gasteiger partial charge in [-0.1, -0.05) is 11.2 Å². The van der Waals surface area contributed by atoms with Crippen LogP contribution < -0.4 is 5.32 Å². The first-order chi connectivity index (χ1) is 11.8. The minimum absolute atomic E-state index is 0.0606. The summed E-state index contributed by atoms with van der Waals surface area (Å²) >= 11 is 1.63. The van der Waals surface area contributed by atoms with Gasteiger partial charge in [0.2, 0.25) is 11.8 Å². The summed E-state index contributed by atoms with van der Waals surface area (Å²) < 4.78 is 5.16. The van der Waals surface area contributed by atoms with Gasteiger partial charge in [-0.25, -0.2) is 0 Å². The van der Waals surface area contributed by atoms with Gasteiger partial charge >= 0.3 is 0 Å². The molecule has 3 heterocycles. The standard InChI is InChI=1S/C16H21N5O2S/c1-24-11-13-19-14(23-20-13)10-18-16(22)15(21-7-2-3-8-21)12-5-4-6-17-9-12/h4-6,9,15H,2-3,7-8,10-11H2,1H3,(H,18,22)/t15-/m1/s1. The molecule has 128 valence electrons. The second kappa shape index (κ2) is 8.25. The predicted molar refractivity (Wildman–Crippen MR) is 91.1 cm³/mol. The van der Waals surface area contributed by atoms with E-state index in [9.17, 15) is 4.79 Å². The maximum Gasteiger partial charge on any atom is 0.246 e. The van der Waals surface area contributed by atoms with Gasteiger partial charge in [0.25, 0.3) is 0 Å². The van der Waals surface area contributed by atoms with E-state index in [-0.39, 0.29) is 18.5 Å². The van der Waals surface area contributed by atoms with E-state index in [1.807, 2.05) is 18.4 Å². The Morgan fingerprint density at radius 3 is 3.00 bits per heavy atom. The first-order valence-electron chi connectivity index (χ1n) is 8.00. The van der Waals surface area contributed by atoms with Crippen molar-refractivity contribution in [3.8, 4) is 0 Å². The molecule has 24 heavy (non-hydrogen) atoms. The molecule has 0 bridgehead atoms. The summed E-state index contributed by atoms with van der Waals surface area (Å²) in [5.41, 5.74) is 0.908. The van der Waals surface area contributed by atoms with Crippen molar-refractivity contribution in [2.45, 2.75) is 31.2 Å². The lowest BCUT2D eigenvalue weighted by molar-refractivity contribution is -0.126. The molecule has 8 heteroatoms. The molecule has 0 spiro atoms. The highest BCUT2D eigenvalue weighted by Gasteiger charge is 2.29. The van der Waals surface area contributed by atoms with E-state index in [4.69, 9.17) is 4.52 Å². The average Bonchev–Trinajstić information content (AvgIpc) is 3.27. The van der Waals surface area contributed by atoms with Crippen LogP contribution in [0, 0.1) is 0 Å². The summed E-state index contributed by atoms with van der Waals surface area (Å²) in [5.74, 6) is 1.71. The molecular weight excluding hydrogens is 326 g/mol. The molecule has 7 nitrogen and oxygen atoms in total. The van der Waals surface area contributed by atoms with Crippen LogP contribution in [0.5, 0.6) is 0 Å². The molecule has 1 atom stereocenters. The quantitative estimate of drug-likeness (QED) is 0.817. The van der Waals surface area contributed by atoms with Crippen LogP contribution in [0.3, 0.4) is 0 Å². The van der Waals surface area contributed by atoms with Gasteiger partial charge in [0.05, 0.1) is 12.3 Å². The summed E-state index contributed by atoms with van der Waals surface area (Å²) in [6.45, 7) is 2.08. The average molecular weight is 347 g/mol. The Balaban J connectivity index is 1.66. The number of nitrogens with zero attached hydrogens (tertiary/aromatic N) is 4. The molecule has 1 amide bonds. The Kier molecular flexibility index (Phi) is 5.81. The van der Waals surface area contributed by atoms with E-state index >= 15 is 0 Å². The second-order valence-corrected chi connectivity index (χ2v) is 6.55. The number of rotatable bonds is 7. The number of amides is 1. The van der Waals surface area contributed by atoms with Crippen molar-refractivity contribution in [3.05, 3.63) is 41.8 Å². The van der Waals surface area contributed by atoms with Gasteiger partial charge in [0.1, 0.15) is 6.04 Å². The zero-order chi connectivity index (χ0) is 16.8. The number of pyridine rings is 1. The van der Waals surface area contributed by atoms with Crippen LogP contribution in [0.1, 0.15) is 36.2 Å². The number of carbonyl (C=O) groups is 1. The van der Waals surface area contributed by atoms with Crippen molar-refractivity contribution in [3.63, 3.8) is 0 Å². The molecule has 0 unspecified atom stereocenters. The normalized spacial score (nSPS) is 16.2. The maximum atomic E-state index is 12.8. The molecular formula is C16H21N5O2S. The molecule has 0 aliphatic carbocycles. The second-order valence-electron chi connectivity index (χ2n) is 5.69. The lowest BCUT2D eigenvalue weighted by Crippen LogP contribution is -2.39. The predicted octanol–water partition coefficient (Wildman–Crippen LogP) is 1.78. The van der Waals surface area contributed by atoms with Crippen molar-refractivity contribution in [2.24, 2.45) is 0 Å². The molecule has 1 fully saturated rings. The van der Waals surface area contributed by atoms with E-state index in [1.165, 1.54) is 0 Å². The molecule has 2 aromatic heterocycles. The number of hydrogen-bond donors (Lipinski definition) is 1. The van der Waals surface area contributed by atoms with Gasteiger partial charge < -0.3 is 9.84 Å². The van der Waals surface area contributed by atoms with Crippen molar-refractivity contribution >= 4 is 17.7 Å². The number of hydrogen-bond acceptors (Lipinski definition) is 7. The highest BCUT2D eigenvalue weighted by Crippen LogP contribution is 2.24.